The molecule has 1 heterocycles. The Morgan fingerprint density at radius 2 is 1.52 bits per heavy atom. The molecule has 3 aromatic rings. The summed E-state index contributed by atoms with van der Waals surface area (Å²) in [5, 5.41) is 5.79. The first-order valence-electron chi connectivity index (χ1n) is 10.1. The van der Waals surface area contributed by atoms with Crippen LogP contribution in [-0.4, -0.2) is 37.9 Å². The first-order chi connectivity index (χ1) is 15.7. The predicted octanol–water partition coefficient (Wildman–Crippen LogP) is 5.16. The van der Waals surface area contributed by atoms with Crippen molar-refractivity contribution in [1.82, 2.24) is 5.01 Å². The molecule has 0 fully saturated rings. The molecule has 33 heavy (non-hydrogen) atoms. The van der Waals surface area contributed by atoms with Crippen molar-refractivity contribution >= 4 is 11.6 Å². The Kier molecular flexibility index (Phi) is 5.84. The van der Waals surface area contributed by atoms with E-state index >= 15 is 0 Å². The van der Waals surface area contributed by atoms with Crippen LogP contribution in [0.15, 0.2) is 65.8 Å². The smallest absolute Gasteiger partial charge is 0.416 e. The standard InChI is InChI=1S/C25H21F3N2O3/c1-30-23(31)13-18-12-21(32-2)22(33-3)14-20(18)24(29-30)16-9-7-15(8-10-16)17-5-4-6-19(11-17)25(26,27)28/h4-12,14H,13H2,1-3H3. The molecule has 0 bridgehead atoms. The third-order valence-electron chi connectivity index (χ3n) is 5.50. The SMILES string of the molecule is COc1cc2c(cc1OC)C(c1ccc(-c3cccc(C(F)(F)F)c3)cc1)=NN(C)C(=O)C2. The van der Waals surface area contributed by atoms with E-state index in [9.17, 15) is 18.0 Å². The van der Waals surface area contributed by atoms with Gasteiger partial charge < -0.3 is 9.47 Å². The van der Waals surface area contributed by atoms with Crippen molar-refractivity contribution in [3.63, 3.8) is 0 Å². The number of hydrogen-bond donors (Lipinski definition) is 0. The summed E-state index contributed by atoms with van der Waals surface area (Å²) in [5.74, 6) is 0.827. The van der Waals surface area contributed by atoms with Crippen molar-refractivity contribution in [3.05, 3.63) is 82.9 Å². The second-order valence-electron chi connectivity index (χ2n) is 7.56. The summed E-state index contributed by atoms with van der Waals surface area (Å²) in [6.07, 6.45) is -4.27. The topological polar surface area (TPSA) is 51.1 Å². The Bertz CT molecular complexity index is 1230. The van der Waals surface area contributed by atoms with Crippen LogP contribution in [0, 0.1) is 0 Å². The summed E-state index contributed by atoms with van der Waals surface area (Å²) in [5.41, 5.74) is 3.11. The molecule has 0 aromatic heterocycles. The lowest BCUT2D eigenvalue weighted by Crippen LogP contribution is -2.22. The molecule has 5 nitrogen and oxygen atoms in total. The summed E-state index contributed by atoms with van der Waals surface area (Å²) >= 11 is 0. The van der Waals surface area contributed by atoms with E-state index in [1.54, 1.807) is 49.5 Å². The zero-order chi connectivity index (χ0) is 23.8. The Hall–Kier alpha value is -3.81. The molecule has 0 radical (unpaired) electrons. The molecule has 3 aromatic carbocycles. The summed E-state index contributed by atoms with van der Waals surface area (Å²) in [7, 11) is 4.63. The van der Waals surface area contributed by atoms with Crippen LogP contribution in [0.3, 0.4) is 0 Å². The highest BCUT2D eigenvalue weighted by atomic mass is 19.4. The van der Waals surface area contributed by atoms with Crippen molar-refractivity contribution in [3.8, 4) is 22.6 Å². The number of amides is 1. The molecule has 0 spiro atoms. The number of benzene rings is 3. The molecule has 1 aliphatic heterocycles. The second kappa shape index (κ2) is 8.61. The molecule has 0 atom stereocenters. The number of likely N-dealkylation sites (N-methyl/N-ethyl adjacent to an activating group) is 1. The lowest BCUT2D eigenvalue weighted by Gasteiger charge is -2.15. The first kappa shape index (κ1) is 22.4. The number of alkyl halides is 3. The van der Waals surface area contributed by atoms with Gasteiger partial charge in [0, 0.05) is 18.2 Å². The van der Waals surface area contributed by atoms with Gasteiger partial charge in [0.2, 0.25) is 5.91 Å². The summed E-state index contributed by atoms with van der Waals surface area (Å²) in [6, 6.07) is 15.8. The van der Waals surface area contributed by atoms with Gasteiger partial charge in [0.1, 0.15) is 0 Å². The van der Waals surface area contributed by atoms with Crippen molar-refractivity contribution in [1.29, 1.82) is 0 Å². The van der Waals surface area contributed by atoms with E-state index in [2.05, 4.69) is 5.10 Å². The highest BCUT2D eigenvalue weighted by molar-refractivity contribution is 6.15. The summed E-state index contributed by atoms with van der Waals surface area (Å²) < 4.78 is 50.1. The van der Waals surface area contributed by atoms with Crippen LogP contribution in [0.5, 0.6) is 11.5 Å². The largest absolute Gasteiger partial charge is 0.493 e. The third-order valence-corrected chi connectivity index (χ3v) is 5.50. The van der Waals surface area contributed by atoms with Crippen LogP contribution in [0.25, 0.3) is 11.1 Å². The number of methoxy groups -OCH3 is 2. The van der Waals surface area contributed by atoms with E-state index in [0.717, 1.165) is 23.3 Å². The number of rotatable bonds is 4. The molecule has 8 heteroatoms. The van der Waals surface area contributed by atoms with Gasteiger partial charge in [-0.3, -0.25) is 4.79 Å². The van der Waals surface area contributed by atoms with Crippen LogP contribution >= 0.6 is 0 Å². The number of hydrazone groups is 1. The fraction of sp³-hybridized carbons (Fsp3) is 0.200. The first-order valence-corrected chi connectivity index (χ1v) is 10.1. The van der Waals surface area contributed by atoms with Crippen LogP contribution in [0.4, 0.5) is 13.2 Å². The van der Waals surface area contributed by atoms with E-state index in [0.29, 0.717) is 33.9 Å². The van der Waals surface area contributed by atoms with E-state index in [1.165, 1.54) is 25.3 Å². The number of nitrogens with zero attached hydrogens (tertiary/aromatic N) is 2. The van der Waals surface area contributed by atoms with Crippen molar-refractivity contribution < 1.29 is 27.4 Å². The van der Waals surface area contributed by atoms with Gasteiger partial charge in [0.15, 0.2) is 11.5 Å². The normalized spacial score (nSPS) is 13.8. The highest BCUT2D eigenvalue weighted by Crippen LogP contribution is 2.35. The number of ether oxygens (including phenoxy) is 2. The van der Waals surface area contributed by atoms with Crippen molar-refractivity contribution in [2.24, 2.45) is 5.10 Å². The number of hydrogen-bond acceptors (Lipinski definition) is 4. The van der Waals surface area contributed by atoms with Crippen LogP contribution in [-0.2, 0) is 17.4 Å². The van der Waals surface area contributed by atoms with Crippen molar-refractivity contribution in [2.45, 2.75) is 12.6 Å². The van der Waals surface area contributed by atoms with Gasteiger partial charge in [-0.2, -0.15) is 18.3 Å². The molecular formula is C25H21F3N2O3. The molecule has 170 valence electrons. The maximum absolute atomic E-state index is 13.1. The van der Waals surface area contributed by atoms with E-state index < -0.39 is 11.7 Å². The minimum absolute atomic E-state index is 0.140. The summed E-state index contributed by atoms with van der Waals surface area (Å²) in [4.78, 5) is 12.5. The lowest BCUT2D eigenvalue weighted by molar-refractivity contribution is -0.137. The number of halogens is 3. The molecule has 0 aliphatic carbocycles. The number of carbonyl (C=O) groups is 1. The Morgan fingerprint density at radius 3 is 2.15 bits per heavy atom. The fourth-order valence-corrected chi connectivity index (χ4v) is 3.73. The van der Waals surface area contributed by atoms with Gasteiger partial charge in [-0.1, -0.05) is 36.4 Å². The minimum Gasteiger partial charge on any atom is -0.493 e. The van der Waals surface area contributed by atoms with Gasteiger partial charge in [-0.25, -0.2) is 5.01 Å². The van der Waals surface area contributed by atoms with Gasteiger partial charge in [0.05, 0.1) is 31.9 Å². The monoisotopic (exact) mass is 454 g/mol. The zero-order valence-electron chi connectivity index (χ0n) is 18.2. The van der Waals surface area contributed by atoms with Gasteiger partial charge in [-0.15, -0.1) is 0 Å². The molecular weight excluding hydrogens is 433 g/mol. The molecule has 0 N–H and O–H groups in total. The van der Waals surface area contributed by atoms with E-state index in [4.69, 9.17) is 9.47 Å². The Labute approximate surface area is 189 Å². The number of carbonyl (C=O) groups excluding carboxylic acids is 1. The van der Waals surface area contributed by atoms with Gasteiger partial charge >= 0.3 is 6.18 Å². The molecule has 0 unspecified atom stereocenters. The second-order valence-corrected chi connectivity index (χ2v) is 7.56. The highest BCUT2D eigenvalue weighted by Gasteiger charge is 2.30. The van der Waals surface area contributed by atoms with Crippen molar-refractivity contribution in [2.75, 3.05) is 21.3 Å². The maximum Gasteiger partial charge on any atom is 0.416 e. The molecule has 0 saturated carbocycles. The average molecular weight is 454 g/mol. The molecule has 0 saturated heterocycles. The fourth-order valence-electron chi connectivity index (χ4n) is 3.73. The number of fused-ring (bicyclic) bond motifs is 1. The zero-order valence-corrected chi connectivity index (χ0v) is 18.2. The Morgan fingerprint density at radius 1 is 0.879 bits per heavy atom. The summed E-state index contributed by atoms with van der Waals surface area (Å²) in [6.45, 7) is 0. The van der Waals surface area contributed by atoms with Gasteiger partial charge in [0.25, 0.3) is 0 Å². The lowest BCUT2D eigenvalue weighted by atomic mass is 9.94. The maximum atomic E-state index is 13.1. The van der Waals surface area contributed by atoms with Crippen LogP contribution in [0.1, 0.15) is 22.3 Å². The average Bonchev–Trinajstić information content (AvgIpc) is 2.93. The third kappa shape index (κ3) is 4.41. The van der Waals surface area contributed by atoms with E-state index in [1.807, 2.05) is 0 Å². The molecule has 1 aliphatic rings. The van der Waals surface area contributed by atoms with Crippen LogP contribution in [0.2, 0.25) is 0 Å². The predicted molar refractivity (Wildman–Crippen MR) is 119 cm³/mol. The van der Waals surface area contributed by atoms with Crippen LogP contribution < -0.4 is 9.47 Å². The minimum atomic E-state index is -4.41. The molecule has 1 amide bonds. The van der Waals surface area contributed by atoms with E-state index in [-0.39, 0.29) is 12.3 Å². The Balaban J connectivity index is 1.78. The van der Waals surface area contributed by atoms with Gasteiger partial charge in [-0.05, 0) is 41.0 Å². The molecule has 4 rings (SSSR count). The quantitative estimate of drug-likeness (QED) is 0.548.